The third kappa shape index (κ3) is 2.67. The highest BCUT2D eigenvalue weighted by atomic mass is 35.5. The summed E-state index contributed by atoms with van der Waals surface area (Å²) < 4.78 is 10.8. The molecule has 0 aliphatic carbocycles. The van der Waals surface area contributed by atoms with E-state index < -0.39 is 0 Å². The van der Waals surface area contributed by atoms with Gasteiger partial charge in [0, 0.05) is 23.9 Å². The van der Waals surface area contributed by atoms with E-state index in [1.807, 2.05) is 31.2 Å². The van der Waals surface area contributed by atoms with E-state index in [9.17, 15) is 4.79 Å². The van der Waals surface area contributed by atoms with Gasteiger partial charge in [0.1, 0.15) is 5.76 Å². The number of carbonyl (C=O) groups is 1. The van der Waals surface area contributed by atoms with Crippen molar-refractivity contribution in [2.24, 2.45) is 0 Å². The number of halogens is 1. The smallest absolute Gasteiger partial charge is 0.287 e. The maximum atomic E-state index is 12.2. The van der Waals surface area contributed by atoms with Gasteiger partial charge >= 0.3 is 0 Å². The normalized spacial score (nSPS) is 11.0. The van der Waals surface area contributed by atoms with Gasteiger partial charge in [0.15, 0.2) is 11.3 Å². The second-order valence-corrected chi connectivity index (χ2v) is 5.17. The lowest BCUT2D eigenvalue weighted by Gasteiger charge is -2.02. The lowest BCUT2D eigenvalue weighted by atomic mass is 10.1. The zero-order chi connectivity index (χ0) is 14.8. The van der Waals surface area contributed by atoms with Crippen LogP contribution in [-0.4, -0.2) is 12.5 Å². The van der Waals surface area contributed by atoms with E-state index in [1.165, 1.54) is 0 Å². The van der Waals surface area contributed by atoms with E-state index in [1.54, 1.807) is 12.3 Å². The van der Waals surface area contributed by atoms with Crippen molar-refractivity contribution in [2.45, 2.75) is 13.3 Å². The van der Waals surface area contributed by atoms with Gasteiger partial charge in [-0.15, -0.1) is 0 Å². The monoisotopic (exact) mass is 303 g/mol. The second-order valence-electron chi connectivity index (χ2n) is 4.76. The summed E-state index contributed by atoms with van der Waals surface area (Å²) in [4.78, 5) is 12.2. The van der Waals surface area contributed by atoms with Crippen molar-refractivity contribution < 1.29 is 13.6 Å². The van der Waals surface area contributed by atoms with Crippen LogP contribution in [0.4, 0.5) is 0 Å². The number of hydrogen-bond donors (Lipinski definition) is 1. The molecule has 5 heteroatoms. The van der Waals surface area contributed by atoms with E-state index in [-0.39, 0.29) is 5.91 Å². The number of carbonyl (C=O) groups excluding carboxylic acids is 1. The van der Waals surface area contributed by atoms with Gasteiger partial charge in [-0.3, -0.25) is 4.79 Å². The highest BCUT2D eigenvalue weighted by molar-refractivity contribution is 6.35. The van der Waals surface area contributed by atoms with E-state index in [4.69, 9.17) is 20.4 Å². The molecule has 1 N–H and O–H groups in total. The first-order valence-corrected chi connectivity index (χ1v) is 7.03. The highest BCUT2D eigenvalue weighted by Crippen LogP contribution is 2.30. The Bertz CT molecular complexity index is 774. The summed E-state index contributed by atoms with van der Waals surface area (Å²) in [5, 5.41) is 4.19. The lowest BCUT2D eigenvalue weighted by Crippen LogP contribution is -2.25. The van der Waals surface area contributed by atoms with Crippen LogP contribution in [0.25, 0.3) is 11.0 Å². The topological polar surface area (TPSA) is 55.4 Å². The summed E-state index contributed by atoms with van der Waals surface area (Å²) in [6, 6.07) is 9.16. The van der Waals surface area contributed by atoms with Crippen LogP contribution in [0.2, 0.25) is 5.02 Å². The predicted octanol–water partition coefficient (Wildman–Crippen LogP) is 3.96. The summed E-state index contributed by atoms with van der Waals surface area (Å²) in [7, 11) is 0. The Morgan fingerprint density at radius 3 is 2.86 bits per heavy atom. The van der Waals surface area contributed by atoms with E-state index in [0.29, 0.717) is 29.3 Å². The van der Waals surface area contributed by atoms with Crippen LogP contribution in [-0.2, 0) is 6.42 Å². The molecular weight excluding hydrogens is 290 g/mol. The maximum Gasteiger partial charge on any atom is 0.287 e. The van der Waals surface area contributed by atoms with Gasteiger partial charge < -0.3 is 14.2 Å². The average molecular weight is 304 g/mol. The average Bonchev–Trinajstić information content (AvgIpc) is 3.08. The largest absolute Gasteiger partial charge is 0.469 e. The first-order valence-electron chi connectivity index (χ1n) is 6.65. The molecule has 2 heterocycles. The molecule has 2 aromatic heterocycles. The molecule has 0 aliphatic heterocycles. The van der Waals surface area contributed by atoms with Crippen molar-refractivity contribution >= 4 is 28.5 Å². The molecule has 21 heavy (non-hydrogen) atoms. The number of rotatable bonds is 4. The molecule has 0 radical (unpaired) electrons. The summed E-state index contributed by atoms with van der Waals surface area (Å²) in [6.07, 6.45) is 2.25. The molecule has 0 fully saturated rings. The number of benzene rings is 1. The summed E-state index contributed by atoms with van der Waals surface area (Å²) in [5.41, 5.74) is 1.34. The van der Waals surface area contributed by atoms with Crippen LogP contribution in [0, 0.1) is 6.92 Å². The molecule has 0 unspecified atom stereocenters. The fourth-order valence-electron chi connectivity index (χ4n) is 2.26. The molecule has 0 saturated heterocycles. The fourth-order valence-corrected chi connectivity index (χ4v) is 2.47. The molecule has 4 nitrogen and oxygen atoms in total. The number of hydrogen-bond acceptors (Lipinski definition) is 3. The van der Waals surface area contributed by atoms with Crippen LogP contribution in [0.1, 0.15) is 21.9 Å². The third-order valence-electron chi connectivity index (χ3n) is 3.36. The van der Waals surface area contributed by atoms with Gasteiger partial charge in [-0.1, -0.05) is 23.7 Å². The second kappa shape index (κ2) is 5.66. The molecule has 0 saturated carbocycles. The predicted molar refractivity (Wildman–Crippen MR) is 80.7 cm³/mol. The number of furan rings is 2. The summed E-state index contributed by atoms with van der Waals surface area (Å²) in [6.45, 7) is 2.33. The van der Waals surface area contributed by atoms with E-state index in [0.717, 1.165) is 16.7 Å². The van der Waals surface area contributed by atoms with Gasteiger partial charge in [0.05, 0.1) is 11.3 Å². The van der Waals surface area contributed by atoms with Gasteiger partial charge in [0.2, 0.25) is 0 Å². The van der Waals surface area contributed by atoms with Crippen molar-refractivity contribution in [3.05, 3.63) is 58.7 Å². The lowest BCUT2D eigenvalue weighted by molar-refractivity contribution is 0.0927. The summed E-state index contributed by atoms with van der Waals surface area (Å²) in [5.74, 6) is 0.892. The number of aryl methyl sites for hydroxylation is 1. The van der Waals surface area contributed by atoms with Crippen LogP contribution < -0.4 is 5.32 Å². The molecule has 3 aromatic rings. The standard InChI is InChI=1S/C16H14ClNO3/c1-10-12-5-2-6-13(17)15(12)21-14(10)16(19)18-8-7-11-4-3-9-20-11/h2-6,9H,7-8H2,1H3,(H,18,19). The van der Waals surface area contributed by atoms with Crippen molar-refractivity contribution in [1.82, 2.24) is 5.32 Å². The number of amides is 1. The molecular formula is C16H14ClNO3. The van der Waals surface area contributed by atoms with Gasteiger partial charge in [-0.25, -0.2) is 0 Å². The SMILES string of the molecule is Cc1c(C(=O)NCCc2ccco2)oc2c(Cl)cccc12. The highest BCUT2D eigenvalue weighted by Gasteiger charge is 2.18. The molecule has 3 rings (SSSR count). The van der Waals surface area contributed by atoms with Crippen LogP contribution in [0.15, 0.2) is 45.4 Å². The Kier molecular flexibility index (Phi) is 3.71. The fraction of sp³-hybridized carbons (Fsp3) is 0.188. The molecule has 1 amide bonds. The minimum Gasteiger partial charge on any atom is -0.469 e. The first kappa shape index (κ1) is 13.8. The summed E-state index contributed by atoms with van der Waals surface area (Å²) >= 11 is 6.08. The van der Waals surface area contributed by atoms with Crippen LogP contribution >= 0.6 is 11.6 Å². The Morgan fingerprint density at radius 1 is 1.29 bits per heavy atom. The zero-order valence-electron chi connectivity index (χ0n) is 11.5. The first-order chi connectivity index (χ1) is 10.2. The molecule has 108 valence electrons. The molecule has 0 aliphatic rings. The van der Waals surface area contributed by atoms with Gasteiger partial charge in [-0.05, 0) is 25.1 Å². The molecule has 0 atom stereocenters. The maximum absolute atomic E-state index is 12.2. The molecule has 0 spiro atoms. The van der Waals surface area contributed by atoms with E-state index in [2.05, 4.69) is 5.32 Å². The van der Waals surface area contributed by atoms with Crippen molar-refractivity contribution in [3.8, 4) is 0 Å². The Balaban J connectivity index is 1.75. The minimum absolute atomic E-state index is 0.244. The molecule has 0 bridgehead atoms. The Morgan fingerprint density at radius 2 is 2.14 bits per heavy atom. The van der Waals surface area contributed by atoms with Gasteiger partial charge in [-0.2, -0.15) is 0 Å². The number of para-hydroxylation sites is 1. The minimum atomic E-state index is -0.244. The number of nitrogens with one attached hydrogen (secondary N) is 1. The quantitative estimate of drug-likeness (QED) is 0.793. The van der Waals surface area contributed by atoms with Crippen LogP contribution in [0.3, 0.4) is 0 Å². The van der Waals surface area contributed by atoms with Crippen molar-refractivity contribution in [2.75, 3.05) is 6.54 Å². The van der Waals surface area contributed by atoms with Crippen molar-refractivity contribution in [1.29, 1.82) is 0 Å². The number of fused-ring (bicyclic) bond motifs is 1. The van der Waals surface area contributed by atoms with Crippen molar-refractivity contribution in [3.63, 3.8) is 0 Å². The van der Waals surface area contributed by atoms with Gasteiger partial charge in [0.25, 0.3) is 5.91 Å². The zero-order valence-corrected chi connectivity index (χ0v) is 12.2. The molecule has 1 aromatic carbocycles. The Labute approximate surface area is 126 Å². The van der Waals surface area contributed by atoms with Crippen LogP contribution in [0.5, 0.6) is 0 Å². The Hall–Kier alpha value is -2.20. The van der Waals surface area contributed by atoms with E-state index >= 15 is 0 Å². The third-order valence-corrected chi connectivity index (χ3v) is 3.66.